The van der Waals surface area contributed by atoms with Crippen LogP contribution in [0.4, 0.5) is 17.1 Å². The van der Waals surface area contributed by atoms with Crippen LogP contribution < -0.4 is 4.90 Å². The molecule has 8 aromatic carbocycles. The van der Waals surface area contributed by atoms with Crippen molar-refractivity contribution in [3.05, 3.63) is 182 Å². The van der Waals surface area contributed by atoms with Crippen LogP contribution in [-0.4, -0.2) is 4.98 Å². The molecule has 0 amide bonds. The minimum atomic E-state index is 0.649. The van der Waals surface area contributed by atoms with Gasteiger partial charge in [0.15, 0.2) is 5.58 Å². The minimum Gasteiger partial charge on any atom is -0.436 e. The molecule has 51 heavy (non-hydrogen) atoms. The third-order valence-corrected chi connectivity index (χ3v) is 10.8. The largest absolute Gasteiger partial charge is 0.436 e. The van der Waals surface area contributed by atoms with Crippen molar-refractivity contribution >= 4 is 70.4 Å². The predicted molar refractivity (Wildman–Crippen MR) is 215 cm³/mol. The lowest BCUT2D eigenvalue weighted by Gasteiger charge is -2.26. The number of fused-ring (bicyclic) bond motifs is 5. The standard InChI is InChI=1S/C47H30N2OS/c1-2-10-31(11-3-1)33-22-24-37(25-23-33)49(38-15-8-14-35(29-38)36-21-20-32-12-4-5-13-34(32)28-36)39-26-27-40-45(30-39)51-44-19-9-16-41(46(40)44)47-48-42-17-6-7-18-43(42)50-47/h1-30H. The van der Waals surface area contributed by atoms with Gasteiger partial charge in [0.05, 0.1) is 0 Å². The predicted octanol–water partition coefficient (Wildman–Crippen LogP) is 13.8. The number of rotatable bonds is 6. The Kier molecular flexibility index (Phi) is 7.00. The Labute approximate surface area is 299 Å². The molecule has 0 bridgehead atoms. The summed E-state index contributed by atoms with van der Waals surface area (Å²) in [4.78, 5) is 7.22. The maximum atomic E-state index is 6.26. The van der Waals surface area contributed by atoms with Crippen LogP contribution in [0.1, 0.15) is 0 Å². The molecule has 0 unspecified atom stereocenters. The third kappa shape index (κ3) is 5.25. The first-order chi connectivity index (χ1) is 25.2. The lowest BCUT2D eigenvalue weighted by molar-refractivity contribution is 0.620. The van der Waals surface area contributed by atoms with Gasteiger partial charge in [0.1, 0.15) is 5.52 Å². The molecule has 240 valence electrons. The van der Waals surface area contributed by atoms with Crippen molar-refractivity contribution in [2.24, 2.45) is 0 Å². The number of anilines is 3. The van der Waals surface area contributed by atoms with Crippen molar-refractivity contribution in [1.29, 1.82) is 0 Å². The van der Waals surface area contributed by atoms with Gasteiger partial charge in [-0.15, -0.1) is 11.3 Å². The van der Waals surface area contributed by atoms with E-state index in [4.69, 9.17) is 9.40 Å². The van der Waals surface area contributed by atoms with E-state index in [1.807, 2.05) is 24.3 Å². The van der Waals surface area contributed by atoms with Gasteiger partial charge in [-0.1, -0.05) is 115 Å². The van der Waals surface area contributed by atoms with E-state index in [1.165, 1.54) is 53.2 Å². The number of thiophene rings is 1. The third-order valence-electron chi connectivity index (χ3n) is 9.68. The molecule has 0 atom stereocenters. The zero-order valence-electron chi connectivity index (χ0n) is 27.5. The number of aromatic nitrogens is 1. The number of hydrogen-bond acceptors (Lipinski definition) is 4. The number of para-hydroxylation sites is 2. The van der Waals surface area contributed by atoms with Gasteiger partial charge in [-0.25, -0.2) is 4.98 Å². The van der Waals surface area contributed by atoms with E-state index in [1.54, 1.807) is 11.3 Å². The second-order valence-corrected chi connectivity index (χ2v) is 13.9. The highest BCUT2D eigenvalue weighted by atomic mass is 32.1. The van der Waals surface area contributed by atoms with Crippen LogP contribution in [0.15, 0.2) is 186 Å². The molecule has 10 rings (SSSR count). The second-order valence-electron chi connectivity index (χ2n) is 12.8. The lowest BCUT2D eigenvalue weighted by Crippen LogP contribution is -2.09. The molecule has 0 radical (unpaired) electrons. The fourth-order valence-electron chi connectivity index (χ4n) is 7.19. The molecule has 3 nitrogen and oxygen atoms in total. The van der Waals surface area contributed by atoms with Gasteiger partial charge >= 0.3 is 0 Å². The van der Waals surface area contributed by atoms with Crippen LogP contribution >= 0.6 is 11.3 Å². The van der Waals surface area contributed by atoms with E-state index in [2.05, 4.69) is 163 Å². The first-order valence-electron chi connectivity index (χ1n) is 17.1. The fourth-order valence-corrected chi connectivity index (χ4v) is 8.36. The van der Waals surface area contributed by atoms with E-state index in [0.29, 0.717) is 5.89 Å². The monoisotopic (exact) mass is 670 g/mol. The minimum absolute atomic E-state index is 0.649. The number of benzene rings is 8. The van der Waals surface area contributed by atoms with E-state index >= 15 is 0 Å². The van der Waals surface area contributed by atoms with Crippen LogP contribution in [0.2, 0.25) is 0 Å². The maximum Gasteiger partial charge on any atom is 0.227 e. The zero-order valence-corrected chi connectivity index (χ0v) is 28.3. The SMILES string of the molecule is c1ccc(-c2ccc(N(c3cccc(-c4ccc5ccccc5c4)c3)c3ccc4c(c3)sc3cccc(-c5nc6ccccc6o5)c34)cc2)cc1. The summed E-state index contributed by atoms with van der Waals surface area (Å²) in [5.74, 6) is 0.649. The van der Waals surface area contributed by atoms with E-state index in [0.717, 1.165) is 33.7 Å². The quantitative estimate of drug-likeness (QED) is 0.176. The van der Waals surface area contributed by atoms with Crippen molar-refractivity contribution in [3.63, 3.8) is 0 Å². The lowest BCUT2D eigenvalue weighted by atomic mass is 10.00. The number of nitrogens with zero attached hydrogens (tertiary/aromatic N) is 2. The first-order valence-corrected chi connectivity index (χ1v) is 17.9. The van der Waals surface area contributed by atoms with Gasteiger partial charge in [0.25, 0.3) is 0 Å². The Hall–Kier alpha value is -6.49. The molecule has 0 spiro atoms. The van der Waals surface area contributed by atoms with E-state index < -0.39 is 0 Å². The second kappa shape index (κ2) is 12.1. The summed E-state index contributed by atoms with van der Waals surface area (Å²) in [6.45, 7) is 0. The summed E-state index contributed by atoms with van der Waals surface area (Å²) >= 11 is 1.80. The highest BCUT2D eigenvalue weighted by molar-refractivity contribution is 7.26. The Morgan fingerprint density at radius 2 is 1.14 bits per heavy atom. The van der Waals surface area contributed by atoms with Gasteiger partial charge in [-0.3, -0.25) is 0 Å². The molecular formula is C47H30N2OS. The molecule has 0 fully saturated rings. The molecule has 4 heteroatoms. The number of hydrogen-bond donors (Lipinski definition) is 0. The Balaban J connectivity index is 1.12. The molecule has 2 heterocycles. The van der Waals surface area contributed by atoms with Crippen LogP contribution in [0, 0.1) is 0 Å². The molecule has 0 N–H and O–H groups in total. The van der Waals surface area contributed by atoms with Crippen LogP contribution in [0.5, 0.6) is 0 Å². The molecule has 0 saturated heterocycles. The van der Waals surface area contributed by atoms with Crippen molar-refractivity contribution < 1.29 is 4.42 Å². The maximum absolute atomic E-state index is 6.26. The van der Waals surface area contributed by atoms with Crippen molar-refractivity contribution in [2.45, 2.75) is 0 Å². The van der Waals surface area contributed by atoms with Crippen molar-refractivity contribution in [3.8, 4) is 33.7 Å². The summed E-state index contributed by atoms with van der Waals surface area (Å²) in [5.41, 5.74) is 10.7. The van der Waals surface area contributed by atoms with Crippen LogP contribution in [0.3, 0.4) is 0 Å². The molecular weight excluding hydrogens is 641 g/mol. The van der Waals surface area contributed by atoms with E-state index in [-0.39, 0.29) is 0 Å². The summed E-state index contributed by atoms with van der Waals surface area (Å²) in [5, 5.41) is 4.85. The molecule has 0 aliphatic heterocycles. The topological polar surface area (TPSA) is 29.3 Å². The van der Waals surface area contributed by atoms with E-state index in [9.17, 15) is 0 Å². The highest BCUT2D eigenvalue weighted by Gasteiger charge is 2.19. The van der Waals surface area contributed by atoms with Gasteiger partial charge < -0.3 is 9.32 Å². The zero-order chi connectivity index (χ0) is 33.7. The van der Waals surface area contributed by atoms with Gasteiger partial charge in [0, 0.05) is 42.8 Å². The average Bonchev–Trinajstić information content (AvgIpc) is 3.80. The van der Waals surface area contributed by atoms with Gasteiger partial charge in [-0.2, -0.15) is 0 Å². The normalized spacial score (nSPS) is 11.5. The number of oxazole rings is 1. The van der Waals surface area contributed by atoms with Crippen molar-refractivity contribution in [1.82, 2.24) is 4.98 Å². The smallest absolute Gasteiger partial charge is 0.227 e. The average molecular weight is 671 g/mol. The molecule has 0 saturated carbocycles. The van der Waals surface area contributed by atoms with Gasteiger partial charge in [-0.05, 0) is 99.8 Å². The summed E-state index contributed by atoms with van der Waals surface area (Å²) in [6, 6.07) is 64.7. The van der Waals surface area contributed by atoms with Crippen molar-refractivity contribution in [2.75, 3.05) is 4.90 Å². The Morgan fingerprint density at radius 3 is 2.02 bits per heavy atom. The Bertz CT molecular complexity index is 2840. The molecule has 0 aliphatic carbocycles. The summed E-state index contributed by atoms with van der Waals surface area (Å²) < 4.78 is 8.67. The van der Waals surface area contributed by atoms with Crippen LogP contribution in [-0.2, 0) is 0 Å². The highest BCUT2D eigenvalue weighted by Crippen LogP contribution is 2.44. The first kappa shape index (κ1) is 29.4. The molecule has 10 aromatic rings. The molecule has 0 aliphatic rings. The Morgan fingerprint density at radius 1 is 0.451 bits per heavy atom. The van der Waals surface area contributed by atoms with Gasteiger partial charge in [0.2, 0.25) is 5.89 Å². The molecule has 2 aromatic heterocycles. The summed E-state index contributed by atoms with van der Waals surface area (Å²) in [7, 11) is 0. The fraction of sp³-hybridized carbons (Fsp3) is 0. The van der Waals surface area contributed by atoms with Crippen LogP contribution in [0.25, 0.3) is 75.8 Å². The summed E-state index contributed by atoms with van der Waals surface area (Å²) in [6.07, 6.45) is 0.